The quantitative estimate of drug-likeness (QED) is 0.105. The van der Waals surface area contributed by atoms with Crippen LogP contribution < -0.4 is 26.2 Å². The Morgan fingerprint density at radius 3 is 2.41 bits per heavy atom. The van der Waals surface area contributed by atoms with E-state index in [0.29, 0.717) is 21.8 Å². The van der Waals surface area contributed by atoms with Gasteiger partial charge < -0.3 is 15.4 Å². The van der Waals surface area contributed by atoms with Gasteiger partial charge in [0.2, 0.25) is 5.91 Å². The number of alkyl halides is 3. The summed E-state index contributed by atoms with van der Waals surface area (Å²) in [5.41, 5.74) is 1.59. The molecule has 0 spiro atoms. The highest BCUT2D eigenvalue weighted by molar-refractivity contribution is 6.30. The summed E-state index contributed by atoms with van der Waals surface area (Å²) in [5.74, 6) is 4.26. The molecule has 0 radical (unpaired) electrons. The van der Waals surface area contributed by atoms with Crippen LogP contribution in [-0.4, -0.2) is 31.2 Å². The first-order valence-electron chi connectivity index (χ1n) is 11.1. The molecule has 13 heteroatoms. The Balaban J connectivity index is 1.78. The van der Waals surface area contributed by atoms with E-state index in [1.54, 1.807) is 48.5 Å². The molecular formula is C26H22ClF3N6O3. The molecule has 0 saturated carbocycles. The van der Waals surface area contributed by atoms with E-state index in [2.05, 4.69) is 32.3 Å². The zero-order chi connectivity index (χ0) is 28.4. The average Bonchev–Trinajstić information content (AvgIpc) is 2.90. The standard InChI is InChI=1S/C26H22ClF3N6O3/c1-32-33-16-36(31)22-13-8-19(27)15-18(22)7-14-23(37)35-24(17-5-3-2-4-6-17)25(38)34-20-9-11-21(12-10-20)39-26(28,29)30/h2-16,24H,1,31H2,(H,34,38)(H,35,37)/b14-7+,33-16-. The van der Waals surface area contributed by atoms with E-state index in [4.69, 9.17) is 17.4 Å². The highest BCUT2D eigenvalue weighted by Crippen LogP contribution is 2.26. The van der Waals surface area contributed by atoms with Crippen LogP contribution in [0.1, 0.15) is 17.2 Å². The minimum Gasteiger partial charge on any atom is -0.406 e. The number of ether oxygens (including phenoxy) is 1. The predicted octanol–water partition coefficient (Wildman–Crippen LogP) is 5.07. The lowest BCUT2D eigenvalue weighted by atomic mass is 10.1. The molecular weight excluding hydrogens is 537 g/mol. The lowest BCUT2D eigenvalue weighted by Crippen LogP contribution is -2.36. The van der Waals surface area contributed by atoms with Crippen molar-refractivity contribution in [2.24, 2.45) is 16.0 Å². The summed E-state index contributed by atoms with van der Waals surface area (Å²) in [4.78, 5) is 25.9. The zero-order valence-corrected chi connectivity index (χ0v) is 20.9. The van der Waals surface area contributed by atoms with Gasteiger partial charge in [-0.15, -0.1) is 18.3 Å². The fourth-order valence-electron chi connectivity index (χ4n) is 3.30. The minimum absolute atomic E-state index is 0.197. The van der Waals surface area contributed by atoms with Crippen LogP contribution in [0.3, 0.4) is 0 Å². The summed E-state index contributed by atoms with van der Waals surface area (Å²) in [6.07, 6.45) is -0.986. The fraction of sp³-hybridized carbons (Fsp3) is 0.0769. The van der Waals surface area contributed by atoms with Gasteiger partial charge in [0.15, 0.2) is 0 Å². The second kappa shape index (κ2) is 13.2. The Bertz CT molecular complexity index is 1370. The average molecular weight is 559 g/mol. The number of halogens is 4. The van der Waals surface area contributed by atoms with Crippen molar-refractivity contribution in [2.45, 2.75) is 12.4 Å². The van der Waals surface area contributed by atoms with Crippen LogP contribution in [0.25, 0.3) is 6.08 Å². The number of hydrogen-bond donors (Lipinski definition) is 3. The van der Waals surface area contributed by atoms with Crippen molar-refractivity contribution in [1.29, 1.82) is 0 Å². The summed E-state index contributed by atoms with van der Waals surface area (Å²) in [6.45, 7) is 3.23. The summed E-state index contributed by atoms with van der Waals surface area (Å²) < 4.78 is 41.0. The maximum Gasteiger partial charge on any atom is 0.573 e. The molecule has 202 valence electrons. The second-order valence-electron chi connectivity index (χ2n) is 7.73. The Morgan fingerprint density at radius 2 is 1.77 bits per heavy atom. The predicted molar refractivity (Wildman–Crippen MR) is 144 cm³/mol. The molecule has 0 fully saturated rings. The number of anilines is 2. The van der Waals surface area contributed by atoms with E-state index < -0.39 is 30.0 Å². The maximum atomic E-state index is 13.1. The van der Waals surface area contributed by atoms with Crippen LogP contribution in [0.4, 0.5) is 24.5 Å². The molecule has 0 heterocycles. The normalized spacial score (nSPS) is 12.2. The van der Waals surface area contributed by atoms with Crippen LogP contribution in [0.2, 0.25) is 5.02 Å². The first-order valence-corrected chi connectivity index (χ1v) is 11.5. The second-order valence-corrected chi connectivity index (χ2v) is 8.17. The van der Waals surface area contributed by atoms with Crippen LogP contribution >= 0.6 is 11.6 Å². The Labute approximate surface area is 226 Å². The van der Waals surface area contributed by atoms with E-state index in [1.807, 2.05) is 0 Å². The smallest absolute Gasteiger partial charge is 0.406 e. The van der Waals surface area contributed by atoms with Gasteiger partial charge >= 0.3 is 6.36 Å². The third-order valence-electron chi connectivity index (χ3n) is 4.98. The molecule has 4 N–H and O–H groups in total. The van der Waals surface area contributed by atoms with Crippen molar-refractivity contribution in [2.75, 3.05) is 10.3 Å². The molecule has 0 aromatic heterocycles. The lowest BCUT2D eigenvalue weighted by molar-refractivity contribution is -0.274. The molecule has 0 bridgehead atoms. The Hall–Kier alpha value is -4.68. The first kappa shape index (κ1) is 28.9. The van der Waals surface area contributed by atoms with Gasteiger partial charge in [-0.25, -0.2) is 5.84 Å². The molecule has 2 amide bonds. The van der Waals surface area contributed by atoms with E-state index in [-0.39, 0.29) is 5.69 Å². The van der Waals surface area contributed by atoms with E-state index in [0.717, 1.165) is 17.1 Å². The van der Waals surface area contributed by atoms with Crippen molar-refractivity contribution < 1.29 is 27.5 Å². The molecule has 3 rings (SSSR count). The van der Waals surface area contributed by atoms with Crippen molar-refractivity contribution in [3.63, 3.8) is 0 Å². The third-order valence-corrected chi connectivity index (χ3v) is 5.21. The fourth-order valence-corrected chi connectivity index (χ4v) is 3.48. The van der Waals surface area contributed by atoms with Crippen LogP contribution in [-0.2, 0) is 9.59 Å². The molecule has 9 nitrogen and oxygen atoms in total. The number of carbonyl (C=O) groups is 2. The molecule has 0 saturated heterocycles. The zero-order valence-electron chi connectivity index (χ0n) is 20.1. The van der Waals surface area contributed by atoms with Crippen LogP contribution in [0.5, 0.6) is 5.75 Å². The Kier molecular flexibility index (Phi) is 9.79. The van der Waals surface area contributed by atoms with Gasteiger partial charge in [-0.1, -0.05) is 41.9 Å². The maximum absolute atomic E-state index is 13.1. The van der Waals surface area contributed by atoms with Gasteiger partial charge in [0, 0.05) is 29.1 Å². The van der Waals surface area contributed by atoms with Gasteiger partial charge in [0.25, 0.3) is 5.91 Å². The van der Waals surface area contributed by atoms with Gasteiger partial charge in [0.1, 0.15) is 18.1 Å². The molecule has 0 aliphatic rings. The van der Waals surface area contributed by atoms with E-state index >= 15 is 0 Å². The van der Waals surface area contributed by atoms with Crippen molar-refractivity contribution in [3.8, 4) is 5.75 Å². The van der Waals surface area contributed by atoms with Gasteiger partial charge in [-0.05, 0) is 54.1 Å². The summed E-state index contributed by atoms with van der Waals surface area (Å²) in [5, 5.41) is 13.7. The summed E-state index contributed by atoms with van der Waals surface area (Å²) >= 11 is 6.09. The third kappa shape index (κ3) is 8.98. The molecule has 1 unspecified atom stereocenters. The number of amides is 2. The molecule has 3 aromatic carbocycles. The molecule has 39 heavy (non-hydrogen) atoms. The topological polar surface area (TPSA) is 121 Å². The van der Waals surface area contributed by atoms with Crippen molar-refractivity contribution in [3.05, 3.63) is 95.0 Å². The molecule has 3 aromatic rings. The largest absolute Gasteiger partial charge is 0.573 e. The number of nitrogens with two attached hydrogens (primary N) is 1. The van der Waals surface area contributed by atoms with Gasteiger partial charge in [-0.3, -0.25) is 14.6 Å². The van der Waals surface area contributed by atoms with Crippen molar-refractivity contribution >= 4 is 53.9 Å². The van der Waals surface area contributed by atoms with Gasteiger partial charge in [-0.2, -0.15) is 5.10 Å². The molecule has 0 aliphatic heterocycles. The van der Waals surface area contributed by atoms with Crippen LogP contribution in [0.15, 0.2) is 89.1 Å². The highest BCUT2D eigenvalue weighted by atomic mass is 35.5. The molecule has 1 atom stereocenters. The van der Waals surface area contributed by atoms with E-state index in [9.17, 15) is 22.8 Å². The lowest BCUT2D eigenvalue weighted by Gasteiger charge is -2.19. The number of hydrazine groups is 1. The number of nitrogens with zero attached hydrogens (tertiary/aromatic N) is 3. The summed E-state index contributed by atoms with van der Waals surface area (Å²) in [7, 11) is 0. The number of benzene rings is 3. The number of nitrogens with one attached hydrogen (secondary N) is 2. The van der Waals surface area contributed by atoms with Crippen LogP contribution in [0, 0.1) is 0 Å². The van der Waals surface area contributed by atoms with Gasteiger partial charge in [0.05, 0.1) is 5.69 Å². The number of carbonyl (C=O) groups excluding carboxylic acids is 2. The first-order chi connectivity index (χ1) is 18.6. The summed E-state index contributed by atoms with van der Waals surface area (Å²) in [6, 6.07) is 16.6. The van der Waals surface area contributed by atoms with Crippen molar-refractivity contribution in [1.82, 2.24) is 5.32 Å². The SMILES string of the molecule is C=N/N=C\N(N)c1ccc(Cl)cc1/C=C/C(=O)NC(C(=O)Nc1ccc(OC(F)(F)F)cc1)c1ccccc1. The number of rotatable bonds is 10. The highest BCUT2D eigenvalue weighted by Gasteiger charge is 2.31. The monoisotopic (exact) mass is 558 g/mol. The van der Waals surface area contributed by atoms with E-state index in [1.165, 1.54) is 30.6 Å². The molecule has 0 aliphatic carbocycles. The Morgan fingerprint density at radius 1 is 1.08 bits per heavy atom. The number of hydrogen-bond acceptors (Lipinski definition) is 6. The minimum atomic E-state index is -4.84.